The summed E-state index contributed by atoms with van der Waals surface area (Å²) in [5.41, 5.74) is 2.08. The van der Waals surface area contributed by atoms with Crippen molar-refractivity contribution in [1.82, 2.24) is 24.6 Å². The van der Waals surface area contributed by atoms with Gasteiger partial charge in [-0.1, -0.05) is 6.08 Å². The van der Waals surface area contributed by atoms with E-state index in [0.717, 1.165) is 55.9 Å². The number of aromatic nitrogens is 4. The van der Waals surface area contributed by atoms with Gasteiger partial charge < -0.3 is 4.90 Å². The van der Waals surface area contributed by atoms with E-state index in [9.17, 15) is 0 Å². The zero-order valence-corrected chi connectivity index (χ0v) is 13.2. The molecule has 0 radical (unpaired) electrons. The Morgan fingerprint density at radius 1 is 1.23 bits per heavy atom. The molecule has 6 heteroatoms. The summed E-state index contributed by atoms with van der Waals surface area (Å²) in [6.07, 6.45) is 3.76. The molecule has 1 saturated heterocycles. The van der Waals surface area contributed by atoms with Gasteiger partial charge in [0.2, 0.25) is 5.95 Å². The Hall–Kier alpha value is -2.21. The predicted octanol–water partition coefficient (Wildman–Crippen LogP) is 1.59. The van der Waals surface area contributed by atoms with E-state index in [0.29, 0.717) is 0 Å². The molecule has 0 N–H and O–H groups in total. The van der Waals surface area contributed by atoms with E-state index in [1.807, 2.05) is 36.9 Å². The van der Waals surface area contributed by atoms with E-state index < -0.39 is 0 Å². The molecule has 0 amide bonds. The number of piperazine rings is 1. The Kier molecular flexibility index (Phi) is 4.20. The Bertz CT molecular complexity index is 654. The first kappa shape index (κ1) is 14.7. The molecule has 0 aromatic carbocycles. The fourth-order valence-corrected chi connectivity index (χ4v) is 2.78. The average Bonchev–Trinajstić information content (AvgIpc) is 2.87. The lowest BCUT2D eigenvalue weighted by Crippen LogP contribution is -2.47. The van der Waals surface area contributed by atoms with Crippen molar-refractivity contribution >= 4 is 5.95 Å². The summed E-state index contributed by atoms with van der Waals surface area (Å²) >= 11 is 0. The first-order valence-corrected chi connectivity index (χ1v) is 7.62. The molecular weight excluding hydrogens is 276 g/mol. The molecular formula is C16H22N6. The number of nitrogens with zero attached hydrogens (tertiary/aromatic N) is 6. The third-order valence-electron chi connectivity index (χ3n) is 3.90. The molecule has 0 bridgehead atoms. The third-order valence-corrected chi connectivity index (χ3v) is 3.90. The van der Waals surface area contributed by atoms with Crippen LogP contribution in [0.3, 0.4) is 0 Å². The van der Waals surface area contributed by atoms with Crippen LogP contribution in [-0.4, -0.2) is 57.4 Å². The van der Waals surface area contributed by atoms with Crippen LogP contribution in [0.1, 0.15) is 11.4 Å². The molecule has 3 rings (SSSR count). The summed E-state index contributed by atoms with van der Waals surface area (Å²) in [4.78, 5) is 13.7. The molecule has 0 spiro atoms. The second-order valence-corrected chi connectivity index (χ2v) is 5.63. The van der Waals surface area contributed by atoms with Gasteiger partial charge in [0.1, 0.15) is 0 Å². The van der Waals surface area contributed by atoms with Gasteiger partial charge in [-0.15, -0.1) is 6.58 Å². The van der Waals surface area contributed by atoms with Crippen LogP contribution in [0, 0.1) is 13.8 Å². The first-order valence-electron chi connectivity index (χ1n) is 7.62. The van der Waals surface area contributed by atoms with Crippen molar-refractivity contribution in [3.63, 3.8) is 0 Å². The molecule has 1 fully saturated rings. The minimum absolute atomic E-state index is 0.781. The highest BCUT2D eigenvalue weighted by Crippen LogP contribution is 2.15. The molecule has 2 aromatic heterocycles. The van der Waals surface area contributed by atoms with Crippen molar-refractivity contribution < 1.29 is 0 Å². The predicted molar refractivity (Wildman–Crippen MR) is 87.5 cm³/mol. The maximum atomic E-state index is 4.69. The van der Waals surface area contributed by atoms with Crippen LogP contribution in [0.4, 0.5) is 5.95 Å². The maximum Gasteiger partial charge on any atom is 0.227 e. The second-order valence-electron chi connectivity index (χ2n) is 5.63. The van der Waals surface area contributed by atoms with Gasteiger partial charge >= 0.3 is 0 Å². The first-order chi connectivity index (χ1) is 10.7. The molecule has 2 aromatic rings. The normalized spacial score (nSPS) is 16.0. The standard InChI is InChI=1S/C16H22N6/c1-4-7-20-8-10-21(11-9-20)16-17-6-5-15(18-16)22-14(3)12-13(2)19-22/h4-6,12H,1,7-11H2,2-3H3. The van der Waals surface area contributed by atoms with Crippen molar-refractivity contribution in [2.24, 2.45) is 0 Å². The fourth-order valence-electron chi connectivity index (χ4n) is 2.78. The topological polar surface area (TPSA) is 50.1 Å². The minimum atomic E-state index is 0.781. The van der Waals surface area contributed by atoms with Crippen LogP contribution < -0.4 is 4.90 Å². The lowest BCUT2D eigenvalue weighted by Gasteiger charge is -2.34. The van der Waals surface area contributed by atoms with Crippen LogP contribution in [0.15, 0.2) is 31.0 Å². The van der Waals surface area contributed by atoms with Gasteiger partial charge in [0.15, 0.2) is 5.82 Å². The van der Waals surface area contributed by atoms with Gasteiger partial charge in [-0.25, -0.2) is 9.67 Å². The largest absolute Gasteiger partial charge is 0.338 e. The summed E-state index contributed by atoms with van der Waals surface area (Å²) < 4.78 is 1.87. The Labute approximate surface area is 131 Å². The molecule has 0 saturated carbocycles. The average molecular weight is 298 g/mol. The highest BCUT2D eigenvalue weighted by molar-refractivity contribution is 5.36. The van der Waals surface area contributed by atoms with Gasteiger partial charge in [0.25, 0.3) is 0 Å². The molecule has 0 unspecified atom stereocenters. The van der Waals surface area contributed by atoms with Crippen molar-refractivity contribution in [2.45, 2.75) is 13.8 Å². The number of anilines is 1. The summed E-state index contributed by atoms with van der Waals surface area (Å²) in [7, 11) is 0. The van der Waals surface area contributed by atoms with Crippen molar-refractivity contribution in [3.8, 4) is 5.82 Å². The Morgan fingerprint density at radius 3 is 2.64 bits per heavy atom. The highest BCUT2D eigenvalue weighted by Gasteiger charge is 2.18. The molecule has 0 atom stereocenters. The molecule has 0 aliphatic carbocycles. The van der Waals surface area contributed by atoms with E-state index in [1.165, 1.54) is 0 Å². The van der Waals surface area contributed by atoms with E-state index in [4.69, 9.17) is 0 Å². The molecule has 22 heavy (non-hydrogen) atoms. The van der Waals surface area contributed by atoms with Gasteiger partial charge in [-0.3, -0.25) is 4.90 Å². The SMILES string of the molecule is C=CCN1CCN(c2nccc(-n3nc(C)cc3C)n2)CC1. The van der Waals surface area contributed by atoms with Gasteiger partial charge in [-0.05, 0) is 19.9 Å². The summed E-state index contributed by atoms with van der Waals surface area (Å²) in [6.45, 7) is 12.7. The molecule has 116 valence electrons. The van der Waals surface area contributed by atoms with Gasteiger partial charge in [-0.2, -0.15) is 10.1 Å². The molecule has 1 aliphatic heterocycles. The maximum absolute atomic E-state index is 4.69. The van der Waals surface area contributed by atoms with Gasteiger partial charge in [0, 0.05) is 50.7 Å². The molecule has 6 nitrogen and oxygen atoms in total. The summed E-state index contributed by atoms with van der Waals surface area (Å²) in [6, 6.07) is 3.95. The summed E-state index contributed by atoms with van der Waals surface area (Å²) in [5, 5.41) is 4.49. The second kappa shape index (κ2) is 6.27. The van der Waals surface area contributed by atoms with E-state index in [2.05, 4.69) is 37.5 Å². The van der Waals surface area contributed by atoms with Gasteiger partial charge in [0.05, 0.1) is 5.69 Å². The minimum Gasteiger partial charge on any atom is -0.338 e. The zero-order valence-electron chi connectivity index (χ0n) is 13.2. The number of hydrogen-bond acceptors (Lipinski definition) is 5. The van der Waals surface area contributed by atoms with Crippen molar-refractivity contribution in [3.05, 3.63) is 42.4 Å². The van der Waals surface area contributed by atoms with Crippen LogP contribution in [-0.2, 0) is 0 Å². The van der Waals surface area contributed by atoms with Crippen molar-refractivity contribution in [1.29, 1.82) is 0 Å². The highest BCUT2D eigenvalue weighted by atomic mass is 15.4. The number of aryl methyl sites for hydroxylation is 2. The zero-order chi connectivity index (χ0) is 15.5. The van der Waals surface area contributed by atoms with Crippen LogP contribution in [0.2, 0.25) is 0 Å². The Balaban J connectivity index is 1.77. The Morgan fingerprint density at radius 2 is 2.00 bits per heavy atom. The van der Waals surface area contributed by atoms with Crippen LogP contribution >= 0.6 is 0 Å². The van der Waals surface area contributed by atoms with E-state index >= 15 is 0 Å². The summed E-state index contributed by atoms with van der Waals surface area (Å²) in [5.74, 6) is 1.60. The van der Waals surface area contributed by atoms with E-state index in [1.54, 1.807) is 0 Å². The molecule has 3 heterocycles. The van der Waals surface area contributed by atoms with Crippen LogP contribution in [0.5, 0.6) is 0 Å². The number of rotatable bonds is 4. The number of hydrogen-bond donors (Lipinski definition) is 0. The lowest BCUT2D eigenvalue weighted by atomic mass is 10.3. The quantitative estimate of drug-likeness (QED) is 0.802. The molecule has 1 aliphatic rings. The lowest BCUT2D eigenvalue weighted by molar-refractivity contribution is 0.282. The van der Waals surface area contributed by atoms with Crippen LogP contribution in [0.25, 0.3) is 5.82 Å². The third kappa shape index (κ3) is 3.01. The smallest absolute Gasteiger partial charge is 0.227 e. The van der Waals surface area contributed by atoms with Crippen molar-refractivity contribution in [2.75, 3.05) is 37.6 Å². The fraction of sp³-hybridized carbons (Fsp3) is 0.438. The monoisotopic (exact) mass is 298 g/mol. The van der Waals surface area contributed by atoms with E-state index in [-0.39, 0.29) is 0 Å².